The Morgan fingerprint density at radius 2 is 1.82 bits per heavy atom. The van der Waals surface area contributed by atoms with Gasteiger partial charge in [0.05, 0.1) is 5.56 Å². The Kier molecular flexibility index (Phi) is 3.46. The molecule has 0 fully saturated rings. The van der Waals surface area contributed by atoms with E-state index in [9.17, 15) is 22.8 Å². The zero-order valence-corrected chi connectivity index (χ0v) is 9.75. The first-order chi connectivity index (χ1) is 7.64. The van der Waals surface area contributed by atoms with E-state index in [1.54, 1.807) is 19.2 Å². The summed E-state index contributed by atoms with van der Waals surface area (Å²) in [5.41, 5.74) is 5.44. The molecule has 94 valence electrons. The molecule has 0 saturated carbocycles. The van der Waals surface area contributed by atoms with Gasteiger partial charge < -0.3 is 11.1 Å². The summed E-state index contributed by atoms with van der Waals surface area (Å²) in [6.07, 6.45) is -5.00. The molecule has 0 aliphatic carbocycles. The maximum absolute atomic E-state index is 12.1. The molecule has 17 heavy (non-hydrogen) atoms. The molecule has 0 unspecified atom stereocenters. The van der Waals surface area contributed by atoms with E-state index in [2.05, 4.69) is 0 Å². The van der Waals surface area contributed by atoms with Gasteiger partial charge in [0.2, 0.25) is 0 Å². The number of thiophene rings is 1. The molecule has 1 heterocycles. The second kappa shape index (κ2) is 4.36. The molecule has 1 rings (SSSR count). The third-order valence-electron chi connectivity index (χ3n) is 2.12. The molecule has 0 atom stereocenters. The molecule has 0 bridgehead atoms. The van der Waals surface area contributed by atoms with E-state index in [4.69, 9.17) is 5.73 Å². The van der Waals surface area contributed by atoms with Crippen molar-refractivity contribution in [2.75, 3.05) is 5.32 Å². The zero-order valence-electron chi connectivity index (χ0n) is 8.94. The van der Waals surface area contributed by atoms with Crippen molar-refractivity contribution in [3.8, 4) is 0 Å². The van der Waals surface area contributed by atoms with Crippen LogP contribution in [-0.4, -0.2) is 18.0 Å². The standard InChI is InChI=1S/C9H9F3N2O2S/c1-3-4(2)17-7(5(3)6(13)15)14-8(16)9(10,11)12/h1-2H3,(H2,13,15)(H,14,16). The van der Waals surface area contributed by atoms with Gasteiger partial charge in [0.1, 0.15) is 5.00 Å². The lowest BCUT2D eigenvalue weighted by molar-refractivity contribution is -0.167. The average molecular weight is 266 g/mol. The monoisotopic (exact) mass is 266 g/mol. The number of nitrogens with two attached hydrogens (primary N) is 1. The maximum atomic E-state index is 12.1. The fourth-order valence-electron chi connectivity index (χ4n) is 1.19. The van der Waals surface area contributed by atoms with E-state index in [1.165, 1.54) is 0 Å². The van der Waals surface area contributed by atoms with Crippen molar-refractivity contribution < 1.29 is 22.8 Å². The molecular formula is C9H9F3N2O2S. The number of hydrogen-bond donors (Lipinski definition) is 2. The predicted octanol–water partition coefficient (Wildman–Crippen LogP) is 1.96. The van der Waals surface area contributed by atoms with Crippen molar-refractivity contribution in [3.05, 3.63) is 16.0 Å². The number of primary amides is 1. The molecule has 0 aliphatic heterocycles. The summed E-state index contributed by atoms with van der Waals surface area (Å²) in [5.74, 6) is -2.99. The third-order valence-corrected chi connectivity index (χ3v) is 3.24. The molecule has 3 N–H and O–H groups in total. The highest BCUT2D eigenvalue weighted by Gasteiger charge is 2.39. The first-order valence-electron chi connectivity index (χ1n) is 4.42. The van der Waals surface area contributed by atoms with E-state index in [1.807, 2.05) is 0 Å². The Morgan fingerprint density at radius 3 is 2.24 bits per heavy atom. The molecule has 1 aromatic rings. The molecule has 0 saturated heterocycles. The van der Waals surface area contributed by atoms with Gasteiger partial charge >= 0.3 is 12.1 Å². The molecule has 1 aromatic heterocycles. The van der Waals surface area contributed by atoms with Crippen LogP contribution in [0, 0.1) is 13.8 Å². The Morgan fingerprint density at radius 1 is 1.29 bits per heavy atom. The van der Waals surface area contributed by atoms with Crippen molar-refractivity contribution in [2.24, 2.45) is 5.73 Å². The second-order valence-corrected chi connectivity index (χ2v) is 4.53. The van der Waals surface area contributed by atoms with E-state index in [0.29, 0.717) is 10.4 Å². The van der Waals surface area contributed by atoms with E-state index >= 15 is 0 Å². The Labute approximate surface area is 98.6 Å². The Bertz CT molecular complexity index is 479. The lowest BCUT2D eigenvalue weighted by Gasteiger charge is -2.07. The normalized spacial score (nSPS) is 11.4. The topological polar surface area (TPSA) is 72.2 Å². The maximum Gasteiger partial charge on any atom is 0.471 e. The Balaban J connectivity index is 3.12. The number of amides is 2. The van der Waals surface area contributed by atoms with E-state index < -0.39 is 18.0 Å². The summed E-state index contributed by atoms with van der Waals surface area (Å²) in [7, 11) is 0. The fraction of sp³-hybridized carbons (Fsp3) is 0.333. The van der Waals surface area contributed by atoms with Crippen molar-refractivity contribution in [1.82, 2.24) is 0 Å². The van der Waals surface area contributed by atoms with Crippen molar-refractivity contribution >= 4 is 28.2 Å². The summed E-state index contributed by atoms with van der Waals surface area (Å²) in [6, 6.07) is 0. The number of anilines is 1. The largest absolute Gasteiger partial charge is 0.471 e. The number of rotatable bonds is 2. The van der Waals surface area contributed by atoms with Crippen LogP contribution in [0.25, 0.3) is 0 Å². The summed E-state index contributed by atoms with van der Waals surface area (Å²) in [5, 5.41) is 1.48. The summed E-state index contributed by atoms with van der Waals surface area (Å²) < 4.78 is 36.2. The quantitative estimate of drug-likeness (QED) is 0.858. The number of carbonyl (C=O) groups excluding carboxylic acids is 2. The highest BCUT2D eigenvalue weighted by atomic mass is 32.1. The van der Waals surface area contributed by atoms with Crippen LogP contribution >= 0.6 is 11.3 Å². The van der Waals surface area contributed by atoms with Crippen LogP contribution in [0.2, 0.25) is 0 Å². The summed E-state index contributed by atoms with van der Waals surface area (Å²) in [4.78, 5) is 22.5. The van der Waals surface area contributed by atoms with E-state index in [-0.39, 0.29) is 10.6 Å². The van der Waals surface area contributed by atoms with Crippen LogP contribution in [0.4, 0.5) is 18.2 Å². The van der Waals surface area contributed by atoms with Crippen LogP contribution in [0.1, 0.15) is 20.8 Å². The fourth-order valence-corrected chi connectivity index (χ4v) is 2.25. The van der Waals surface area contributed by atoms with Gasteiger partial charge in [0, 0.05) is 4.88 Å². The number of halogens is 3. The minimum Gasteiger partial charge on any atom is -0.365 e. The number of hydrogen-bond acceptors (Lipinski definition) is 3. The summed E-state index contributed by atoms with van der Waals surface area (Å²) in [6.45, 7) is 3.17. The van der Waals surface area contributed by atoms with Crippen LogP contribution in [0.15, 0.2) is 0 Å². The number of alkyl halides is 3. The van der Waals surface area contributed by atoms with Gasteiger partial charge in [0.15, 0.2) is 0 Å². The molecule has 0 aliphatic rings. The Hall–Kier alpha value is -1.57. The number of nitrogens with one attached hydrogen (secondary N) is 1. The minimum atomic E-state index is -5.00. The van der Waals surface area contributed by atoms with Gasteiger partial charge in [-0.15, -0.1) is 11.3 Å². The van der Waals surface area contributed by atoms with Gasteiger partial charge in [-0.3, -0.25) is 9.59 Å². The number of carbonyl (C=O) groups is 2. The lowest BCUT2D eigenvalue weighted by Crippen LogP contribution is -2.30. The van der Waals surface area contributed by atoms with Gasteiger partial charge in [0.25, 0.3) is 5.91 Å². The minimum absolute atomic E-state index is 0.0786. The van der Waals surface area contributed by atoms with Crippen molar-refractivity contribution in [1.29, 1.82) is 0 Å². The first-order valence-corrected chi connectivity index (χ1v) is 5.24. The van der Waals surface area contributed by atoms with E-state index in [0.717, 1.165) is 11.3 Å². The highest BCUT2D eigenvalue weighted by Crippen LogP contribution is 2.33. The smallest absolute Gasteiger partial charge is 0.365 e. The SMILES string of the molecule is Cc1sc(NC(=O)C(F)(F)F)c(C(N)=O)c1C. The van der Waals surface area contributed by atoms with Crippen LogP contribution < -0.4 is 11.1 Å². The molecular weight excluding hydrogens is 257 g/mol. The first kappa shape index (κ1) is 13.5. The lowest BCUT2D eigenvalue weighted by atomic mass is 10.1. The van der Waals surface area contributed by atoms with Gasteiger partial charge in [-0.25, -0.2) is 0 Å². The van der Waals surface area contributed by atoms with Crippen molar-refractivity contribution in [3.63, 3.8) is 0 Å². The van der Waals surface area contributed by atoms with Crippen LogP contribution in [0.5, 0.6) is 0 Å². The van der Waals surface area contributed by atoms with Gasteiger partial charge in [-0.2, -0.15) is 13.2 Å². The average Bonchev–Trinajstić information content (AvgIpc) is 2.40. The molecule has 0 spiro atoms. The highest BCUT2D eigenvalue weighted by molar-refractivity contribution is 7.16. The zero-order chi connectivity index (χ0) is 13.4. The van der Waals surface area contributed by atoms with Gasteiger partial charge in [-0.05, 0) is 19.4 Å². The second-order valence-electron chi connectivity index (χ2n) is 3.30. The molecule has 2 amide bonds. The molecule has 0 radical (unpaired) electrons. The molecule has 8 heteroatoms. The molecule has 0 aromatic carbocycles. The number of aryl methyl sites for hydroxylation is 1. The predicted molar refractivity (Wildman–Crippen MR) is 57.0 cm³/mol. The van der Waals surface area contributed by atoms with Crippen LogP contribution in [0.3, 0.4) is 0 Å². The van der Waals surface area contributed by atoms with Crippen LogP contribution in [-0.2, 0) is 4.79 Å². The summed E-state index contributed by atoms with van der Waals surface area (Å²) >= 11 is 0.881. The third kappa shape index (κ3) is 2.76. The van der Waals surface area contributed by atoms with Gasteiger partial charge in [-0.1, -0.05) is 0 Å². The van der Waals surface area contributed by atoms with Crippen molar-refractivity contribution in [2.45, 2.75) is 20.0 Å². The molecule has 4 nitrogen and oxygen atoms in total.